The van der Waals surface area contributed by atoms with E-state index < -0.39 is 0 Å². The molecule has 0 aliphatic heterocycles. The zero-order valence-corrected chi connectivity index (χ0v) is 10.0. The predicted octanol–water partition coefficient (Wildman–Crippen LogP) is 3.75. The third-order valence-corrected chi connectivity index (χ3v) is 3.77. The van der Waals surface area contributed by atoms with E-state index >= 15 is 0 Å². The molecule has 1 aliphatic rings. The van der Waals surface area contributed by atoms with Gasteiger partial charge in [-0.05, 0) is 30.9 Å². The van der Waals surface area contributed by atoms with Crippen molar-refractivity contribution in [3.63, 3.8) is 0 Å². The molecule has 0 spiro atoms. The molecule has 1 fully saturated rings. The van der Waals surface area contributed by atoms with Crippen LogP contribution in [-0.2, 0) is 6.42 Å². The predicted molar refractivity (Wildman–Crippen MR) is 64.1 cm³/mol. The molecular formula is C13H15ClN2. The number of pyridine rings is 1. The van der Waals surface area contributed by atoms with E-state index in [2.05, 4.69) is 11.1 Å². The zero-order chi connectivity index (χ0) is 11.4. The lowest BCUT2D eigenvalue weighted by molar-refractivity contribution is 0.266. The van der Waals surface area contributed by atoms with Crippen LogP contribution in [0.5, 0.6) is 0 Å². The molecule has 1 aromatic rings. The first-order chi connectivity index (χ1) is 7.76. The Kier molecular flexibility index (Phi) is 3.46. The monoisotopic (exact) mass is 234 g/mol. The fourth-order valence-corrected chi connectivity index (χ4v) is 2.65. The topological polar surface area (TPSA) is 36.7 Å². The van der Waals surface area contributed by atoms with Gasteiger partial charge in [0.15, 0.2) is 0 Å². The van der Waals surface area contributed by atoms with Gasteiger partial charge in [0.1, 0.15) is 0 Å². The number of halogens is 1. The first kappa shape index (κ1) is 11.4. The van der Waals surface area contributed by atoms with Crippen molar-refractivity contribution in [1.29, 1.82) is 5.26 Å². The molecule has 84 valence electrons. The van der Waals surface area contributed by atoms with E-state index in [0.29, 0.717) is 5.02 Å². The van der Waals surface area contributed by atoms with Crippen molar-refractivity contribution in [1.82, 2.24) is 4.98 Å². The van der Waals surface area contributed by atoms with Crippen LogP contribution in [0.25, 0.3) is 0 Å². The summed E-state index contributed by atoms with van der Waals surface area (Å²) in [7, 11) is 0. The van der Waals surface area contributed by atoms with Crippen LogP contribution in [0.3, 0.4) is 0 Å². The van der Waals surface area contributed by atoms with E-state index in [-0.39, 0.29) is 5.41 Å². The van der Waals surface area contributed by atoms with Gasteiger partial charge < -0.3 is 0 Å². The highest BCUT2D eigenvalue weighted by molar-refractivity contribution is 6.31. The summed E-state index contributed by atoms with van der Waals surface area (Å²) in [6.45, 7) is 0. The Hall–Kier alpha value is -1.07. The van der Waals surface area contributed by atoms with E-state index in [4.69, 9.17) is 11.6 Å². The molecular weight excluding hydrogens is 220 g/mol. The summed E-state index contributed by atoms with van der Waals surface area (Å²) in [6, 6.07) is 4.44. The fourth-order valence-electron chi connectivity index (χ4n) is 2.47. The van der Waals surface area contributed by atoms with Crippen LogP contribution in [-0.4, -0.2) is 4.98 Å². The molecule has 0 radical (unpaired) electrons. The number of nitriles is 1. The first-order valence-electron chi connectivity index (χ1n) is 5.75. The first-order valence-corrected chi connectivity index (χ1v) is 6.13. The molecule has 1 aliphatic carbocycles. The molecule has 0 unspecified atom stereocenters. The second-order valence-corrected chi connectivity index (χ2v) is 5.00. The van der Waals surface area contributed by atoms with E-state index in [1.54, 1.807) is 12.4 Å². The second kappa shape index (κ2) is 4.84. The molecule has 1 aromatic heterocycles. The molecule has 0 bridgehead atoms. The van der Waals surface area contributed by atoms with E-state index in [0.717, 1.165) is 37.7 Å². The SMILES string of the molecule is N#CC1(Cc2ccncc2Cl)CCCCC1. The highest BCUT2D eigenvalue weighted by atomic mass is 35.5. The van der Waals surface area contributed by atoms with Crippen LogP contribution in [0.4, 0.5) is 0 Å². The van der Waals surface area contributed by atoms with Gasteiger partial charge in [0, 0.05) is 12.4 Å². The Morgan fingerprint density at radius 2 is 2.12 bits per heavy atom. The van der Waals surface area contributed by atoms with Gasteiger partial charge in [-0.2, -0.15) is 5.26 Å². The van der Waals surface area contributed by atoms with Crippen LogP contribution in [0.2, 0.25) is 5.02 Å². The smallest absolute Gasteiger partial charge is 0.0693 e. The largest absolute Gasteiger partial charge is 0.263 e. The normalized spacial score (nSPS) is 19.0. The third-order valence-electron chi connectivity index (χ3n) is 3.43. The molecule has 1 saturated carbocycles. The summed E-state index contributed by atoms with van der Waals surface area (Å²) in [5.41, 5.74) is 0.864. The van der Waals surface area contributed by atoms with Crippen molar-refractivity contribution in [2.24, 2.45) is 5.41 Å². The van der Waals surface area contributed by atoms with E-state index in [1.165, 1.54) is 6.42 Å². The summed E-state index contributed by atoms with van der Waals surface area (Å²) in [5, 5.41) is 10.1. The minimum absolute atomic E-state index is 0.191. The Morgan fingerprint density at radius 3 is 2.75 bits per heavy atom. The Balaban J connectivity index is 2.19. The number of aromatic nitrogens is 1. The standard InChI is InChI=1S/C13H15ClN2/c14-12-9-16-7-4-11(12)8-13(10-15)5-2-1-3-6-13/h4,7,9H,1-3,5-6,8H2. The van der Waals surface area contributed by atoms with Gasteiger partial charge in [-0.25, -0.2) is 0 Å². The summed E-state index contributed by atoms with van der Waals surface area (Å²) in [4.78, 5) is 3.97. The minimum Gasteiger partial charge on any atom is -0.263 e. The van der Waals surface area contributed by atoms with Crippen LogP contribution >= 0.6 is 11.6 Å². The molecule has 0 saturated heterocycles. The number of hydrogen-bond acceptors (Lipinski definition) is 2. The molecule has 0 aromatic carbocycles. The van der Waals surface area contributed by atoms with Gasteiger partial charge in [0.05, 0.1) is 16.5 Å². The highest BCUT2D eigenvalue weighted by Crippen LogP contribution is 2.39. The van der Waals surface area contributed by atoms with Crippen molar-refractivity contribution in [3.8, 4) is 6.07 Å². The maximum Gasteiger partial charge on any atom is 0.0693 e. The molecule has 1 heterocycles. The summed E-state index contributed by atoms with van der Waals surface area (Å²) >= 11 is 6.09. The number of rotatable bonds is 2. The van der Waals surface area contributed by atoms with E-state index in [1.807, 2.05) is 6.07 Å². The second-order valence-electron chi connectivity index (χ2n) is 4.60. The average molecular weight is 235 g/mol. The summed E-state index contributed by atoms with van der Waals surface area (Å²) < 4.78 is 0. The summed E-state index contributed by atoms with van der Waals surface area (Å²) in [5.74, 6) is 0. The lowest BCUT2D eigenvalue weighted by atomic mass is 9.71. The highest BCUT2D eigenvalue weighted by Gasteiger charge is 2.32. The summed E-state index contributed by atoms with van der Waals surface area (Å²) in [6.07, 6.45) is 9.76. The van der Waals surface area contributed by atoms with Crippen molar-refractivity contribution in [3.05, 3.63) is 29.0 Å². The molecule has 0 N–H and O–H groups in total. The van der Waals surface area contributed by atoms with Gasteiger partial charge in [-0.15, -0.1) is 0 Å². The quantitative estimate of drug-likeness (QED) is 0.782. The average Bonchev–Trinajstić information content (AvgIpc) is 2.33. The molecule has 2 nitrogen and oxygen atoms in total. The van der Waals surface area contributed by atoms with Gasteiger partial charge in [0.25, 0.3) is 0 Å². The molecule has 3 heteroatoms. The van der Waals surface area contributed by atoms with Crippen molar-refractivity contribution in [2.45, 2.75) is 38.5 Å². The molecule has 2 rings (SSSR count). The number of nitrogens with zero attached hydrogens (tertiary/aromatic N) is 2. The minimum atomic E-state index is -0.191. The van der Waals surface area contributed by atoms with Gasteiger partial charge in [0.2, 0.25) is 0 Å². The van der Waals surface area contributed by atoms with Crippen LogP contribution < -0.4 is 0 Å². The number of hydrogen-bond donors (Lipinski definition) is 0. The Morgan fingerprint density at radius 1 is 1.38 bits per heavy atom. The van der Waals surface area contributed by atoms with Gasteiger partial charge in [-0.1, -0.05) is 30.9 Å². The zero-order valence-electron chi connectivity index (χ0n) is 9.25. The van der Waals surface area contributed by atoms with Gasteiger partial charge >= 0.3 is 0 Å². The Bertz CT molecular complexity index is 403. The van der Waals surface area contributed by atoms with Crippen molar-refractivity contribution < 1.29 is 0 Å². The van der Waals surface area contributed by atoms with Crippen LogP contribution in [0.1, 0.15) is 37.7 Å². The maximum atomic E-state index is 9.39. The maximum absolute atomic E-state index is 9.39. The molecule has 0 atom stereocenters. The van der Waals surface area contributed by atoms with Crippen LogP contribution in [0, 0.1) is 16.7 Å². The van der Waals surface area contributed by atoms with Crippen LogP contribution in [0.15, 0.2) is 18.5 Å². The molecule has 0 amide bonds. The van der Waals surface area contributed by atoms with Gasteiger partial charge in [-0.3, -0.25) is 4.98 Å². The van der Waals surface area contributed by atoms with E-state index in [9.17, 15) is 5.26 Å². The fraction of sp³-hybridized carbons (Fsp3) is 0.538. The van der Waals surface area contributed by atoms with Crippen molar-refractivity contribution >= 4 is 11.6 Å². The Labute approximate surface area is 101 Å². The lowest BCUT2D eigenvalue weighted by Gasteiger charge is -2.30. The lowest BCUT2D eigenvalue weighted by Crippen LogP contribution is -2.25. The van der Waals surface area contributed by atoms with Crippen molar-refractivity contribution in [2.75, 3.05) is 0 Å². The third kappa shape index (κ3) is 2.36. The molecule has 16 heavy (non-hydrogen) atoms.